The van der Waals surface area contributed by atoms with E-state index in [1.54, 1.807) is 11.9 Å². The standard InChI is InChI=1S/C14H24N4/c1-11-6-5-7-12(2)13(11)8-17(3)9-14-15-10-16-18(14)4/h6,10,12-13H,5,7-9H2,1-4H3/t12-,13+/m0/s1. The molecule has 0 radical (unpaired) electrons. The van der Waals surface area contributed by atoms with Gasteiger partial charge in [-0.2, -0.15) is 5.10 Å². The Morgan fingerprint density at radius 1 is 1.50 bits per heavy atom. The lowest BCUT2D eigenvalue weighted by atomic mass is 9.80. The number of aryl methyl sites for hydroxylation is 1. The van der Waals surface area contributed by atoms with E-state index in [1.165, 1.54) is 12.8 Å². The van der Waals surface area contributed by atoms with E-state index < -0.39 is 0 Å². The first kappa shape index (κ1) is 13.3. The molecule has 2 rings (SSSR count). The molecule has 18 heavy (non-hydrogen) atoms. The lowest BCUT2D eigenvalue weighted by Crippen LogP contribution is -2.31. The predicted octanol–water partition coefficient (Wildman–Crippen LogP) is 2.24. The SMILES string of the molecule is CC1=CCC[C@H](C)[C@@H]1CN(C)Cc1ncnn1C. The Balaban J connectivity index is 1.94. The van der Waals surface area contributed by atoms with Gasteiger partial charge < -0.3 is 0 Å². The molecule has 1 aliphatic carbocycles. The lowest BCUT2D eigenvalue weighted by molar-refractivity contribution is 0.228. The highest BCUT2D eigenvalue weighted by atomic mass is 15.3. The first-order chi connectivity index (χ1) is 8.58. The van der Waals surface area contributed by atoms with Crippen LogP contribution in [-0.4, -0.2) is 33.3 Å². The number of hydrogen-bond acceptors (Lipinski definition) is 3. The van der Waals surface area contributed by atoms with Gasteiger partial charge in [0.2, 0.25) is 0 Å². The van der Waals surface area contributed by atoms with Crippen molar-refractivity contribution in [3.63, 3.8) is 0 Å². The maximum Gasteiger partial charge on any atom is 0.140 e. The van der Waals surface area contributed by atoms with Crippen LogP contribution in [0.15, 0.2) is 18.0 Å². The third kappa shape index (κ3) is 2.99. The quantitative estimate of drug-likeness (QED) is 0.766. The zero-order valence-corrected chi connectivity index (χ0v) is 11.9. The minimum atomic E-state index is 0.692. The first-order valence-corrected chi connectivity index (χ1v) is 6.76. The molecule has 0 amide bonds. The summed E-state index contributed by atoms with van der Waals surface area (Å²) in [7, 11) is 4.12. The number of aromatic nitrogens is 3. The van der Waals surface area contributed by atoms with Crippen LogP contribution >= 0.6 is 0 Å². The highest BCUT2D eigenvalue weighted by Gasteiger charge is 2.23. The molecule has 100 valence electrons. The molecule has 1 aliphatic rings. The van der Waals surface area contributed by atoms with Crippen molar-refractivity contribution < 1.29 is 0 Å². The molecule has 1 aromatic heterocycles. The molecule has 2 atom stereocenters. The van der Waals surface area contributed by atoms with Gasteiger partial charge in [-0.15, -0.1) is 0 Å². The monoisotopic (exact) mass is 248 g/mol. The van der Waals surface area contributed by atoms with E-state index in [2.05, 4.69) is 42.0 Å². The zero-order chi connectivity index (χ0) is 13.1. The minimum Gasteiger partial charge on any atom is -0.298 e. The second-order valence-electron chi connectivity index (χ2n) is 5.61. The first-order valence-electron chi connectivity index (χ1n) is 6.76. The average molecular weight is 248 g/mol. The van der Waals surface area contributed by atoms with Crippen molar-refractivity contribution in [2.75, 3.05) is 13.6 Å². The third-order valence-corrected chi connectivity index (χ3v) is 4.08. The van der Waals surface area contributed by atoms with Crippen molar-refractivity contribution in [1.82, 2.24) is 19.7 Å². The lowest BCUT2D eigenvalue weighted by Gasteiger charge is -2.32. The summed E-state index contributed by atoms with van der Waals surface area (Å²) >= 11 is 0. The second-order valence-corrected chi connectivity index (χ2v) is 5.61. The number of rotatable bonds is 4. The second kappa shape index (κ2) is 5.65. The molecular formula is C14H24N4. The summed E-state index contributed by atoms with van der Waals surface area (Å²) in [4.78, 5) is 6.64. The minimum absolute atomic E-state index is 0.692. The Hall–Kier alpha value is -1.16. The fourth-order valence-electron chi connectivity index (χ4n) is 2.80. The highest BCUT2D eigenvalue weighted by Crippen LogP contribution is 2.30. The molecule has 0 unspecified atom stereocenters. The van der Waals surface area contributed by atoms with Gasteiger partial charge in [-0.25, -0.2) is 4.98 Å². The fraction of sp³-hybridized carbons (Fsp3) is 0.714. The van der Waals surface area contributed by atoms with Gasteiger partial charge >= 0.3 is 0 Å². The molecule has 4 heteroatoms. The molecule has 0 saturated heterocycles. The van der Waals surface area contributed by atoms with Crippen LogP contribution in [0.25, 0.3) is 0 Å². The number of allylic oxidation sites excluding steroid dienone is 1. The van der Waals surface area contributed by atoms with Crippen LogP contribution in [-0.2, 0) is 13.6 Å². The molecule has 0 saturated carbocycles. The Morgan fingerprint density at radius 3 is 2.89 bits per heavy atom. The van der Waals surface area contributed by atoms with Crippen molar-refractivity contribution >= 4 is 0 Å². The Bertz CT molecular complexity index is 421. The smallest absolute Gasteiger partial charge is 0.140 e. The summed E-state index contributed by atoms with van der Waals surface area (Å²) in [6.07, 6.45) is 6.59. The predicted molar refractivity (Wildman–Crippen MR) is 73.0 cm³/mol. The van der Waals surface area contributed by atoms with E-state index in [4.69, 9.17) is 0 Å². The van der Waals surface area contributed by atoms with Gasteiger partial charge in [0.15, 0.2) is 0 Å². The molecule has 0 N–H and O–H groups in total. The molecule has 0 aliphatic heterocycles. The maximum atomic E-state index is 4.28. The van der Waals surface area contributed by atoms with Crippen LogP contribution in [0.4, 0.5) is 0 Å². The normalized spacial score (nSPS) is 24.4. The summed E-state index contributed by atoms with van der Waals surface area (Å²) in [6, 6.07) is 0. The van der Waals surface area contributed by atoms with Gasteiger partial charge in [0.25, 0.3) is 0 Å². The van der Waals surface area contributed by atoms with Gasteiger partial charge in [0.05, 0.1) is 6.54 Å². The largest absolute Gasteiger partial charge is 0.298 e. The van der Waals surface area contributed by atoms with Gasteiger partial charge in [0, 0.05) is 13.6 Å². The molecule has 0 aromatic carbocycles. The summed E-state index contributed by atoms with van der Waals surface area (Å²) in [5.41, 5.74) is 1.55. The van der Waals surface area contributed by atoms with Crippen molar-refractivity contribution in [3.8, 4) is 0 Å². The topological polar surface area (TPSA) is 34.0 Å². The summed E-state index contributed by atoms with van der Waals surface area (Å²) in [5, 5.41) is 4.11. The van der Waals surface area contributed by atoms with Gasteiger partial charge in [-0.05, 0) is 38.6 Å². The Morgan fingerprint density at radius 2 is 2.28 bits per heavy atom. The van der Waals surface area contributed by atoms with Gasteiger partial charge in [-0.3, -0.25) is 9.58 Å². The van der Waals surface area contributed by atoms with Gasteiger partial charge in [-0.1, -0.05) is 18.6 Å². The fourth-order valence-corrected chi connectivity index (χ4v) is 2.80. The molecular weight excluding hydrogens is 224 g/mol. The highest BCUT2D eigenvalue weighted by molar-refractivity contribution is 5.09. The van der Waals surface area contributed by atoms with Crippen LogP contribution < -0.4 is 0 Å². The van der Waals surface area contributed by atoms with E-state index >= 15 is 0 Å². The molecule has 0 spiro atoms. The van der Waals surface area contributed by atoms with Crippen molar-refractivity contribution in [2.24, 2.45) is 18.9 Å². The summed E-state index contributed by atoms with van der Waals surface area (Å²) in [6.45, 7) is 6.62. The number of nitrogens with zero attached hydrogens (tertiary/aromatic N) is 4. The van der Waals surface area contributed by atoms with Crippen LogP contribution in [0.5, 0.6) is 0 Å². The maximum absolute atomic E-state index is 4.28. The molecule has 1 aromatic rings. The van der Waals surface area contributed by atoms with Crippen LogP contribution in [0.3, 0.4) is 0 Å². The van der Waals surface area contributed by atoms with E-state index in [1.807, 2.05) is 11.7 Å². The van der Waals surface area contributed by atoms with Crippen molar-refractivity contribution in [3.05, 3.63) is 23.8 Å². The van der Waals surface area contributed by atoms with E-state index in [0.29, 0.717) is 5.92 Å². The Kier molecular flexibility index (Phi) is 4.17. The molecule has 0 bridgehead atoms. The van der Waals surface area contributed by atoms with E-state index in [-0.39, 0.29) is 0 Å². The van der Waals surface area contributed by atoms with Gasteiger partial charge in [0.1, 0.15) is 12.2 Å². The van der Waals surface area contributed by atoms with E-state index in [9.17, 15) is 0 Å². The third-order valence-electron chi connectivity index (χ3n) is 4.08. The summed E-state index contributed by atoms with van der Waals surface area (Å²) in [5.74, 6) is 2.51. The van der Waals surface area contributed by atoms with Crippen molar-refractivity contribution in [1.29, 1.82) is 0 Å². The molecule has 0 fully saturated rings. The average Bonchev–Trinajstić information content (AvgIpc) is 2.70. The number of hydrogen-bond donors (Lipinski definition) is 0. The zero-order valence-electron chi connectivity index (χ0n) is 11.9. The summed E-state index contributed by atoms with van der Waals surface area (Å²) < 4.78 is 1.85. The molecule has 4 nitrogen and oxygen atoms in total. The van der Waals surface area contributed by atoms with Crippen LogP contribution in [0, 0.1) is 11.8 Å². The van der Waals surface area contributed by atoms with Crippen LogP contribution in [0.2, 0.25) is 0 Å². The Labute approximate surface area is 110 Å². The van der Waals surface area contributed by atoms with Crippen molar-refractivity contribution in [2.45, 2.75) is 33.2 Å². The van der Waals surface area contributed by atoms with Crippen LogP contribution in [0.1, 0.15) is 32.5 Å². The molecule has 1 heterocycles. The van der Waals surface area contributed by atoms with E-state index in [0.717, 1.165) is 24.8 Å².